The second-order valence-corrected chi connectivity index (χ2v) is 3.87. The maximum Gasteiger partial charge on any atom is 0.119 e. The topological polar surface area (TPSA) is 35.2 Å². The standard InChI is InChI=1S/C12H17NO/c1-2-14-12-4-3-10-5-9(8-13)6-11(10)7-12/h3-4,7,9H,2,5-6,8,13H2,1H3. The molecule has 0 heterocycles. The molecule has 0 amide bonds. The first kappa shape index (κ1) is 9.53. The average Bonchev–Trinajstić information content (AvgIpc) is 2.60. The molecule has 2 N–H and O–H groups in total. The molecule has 0 spiro atoms. The summed E-state index contributed by atoms with van der Waals surface area (Å²) in [7, 11) is 0. The van der Waals surface area contributed by atoms with Crippen LogP contribution < -0.4 is 10.5 Å². The monoisotopic (exact) mass is 191 g/mol. The van der Waals surface area contributed by atoms with E-state index in [9.17, 15) is 0 Å². The van der Waals surface area contributed by atoms with Crippen molar-refractivity contribution in [3.05, 3.63) is 29.3 Å². The molecule has 1 aliphatic rings. The summed E-state index contributed by atoms with van der Waals surface area (Å²) in [6, 6.07) is 6.39. The van der Waals surface area contributed by atoms with Crippen LogP contribution in [0, 0.1) is 5.92 Å². The molecule has 0 radical (unpaired) electrons. The molecule has 1 aromatic carbocycles. The van der Waals surface area contributed by atoms with E-state index in [2.05, 4.69) is 18.2 Å². The van der Waals surface area contributed by atoms with Crippen LogP contribution >= 0.6 is 0 Å². The molecule has 1 aromatic rings. The lowest BCUT2D eigenvalue weighted by Gasteiger charge is -2.04. The Balaban J connectivity index is 2.17. The lowest BCUT2D eigenvalue weighted by atomic mass is 10.1. The minimum absolute atomic E-state index is 0.641. The predicted octanol–water partition coefficient (Wildman–Crippen LogP) is 1.76. The number of nitrogens with two attached hydrogens (primary N) is 1. The van der Waals surface area contributed by atoms with Gasteiger partial charge in [0.2, 0.25) is 0 Å². The molecular formula is C12H17NO. The van der Waals surface area contributed by atoms with Crippen LogP contribution in [-0.2, 0) is 12.8 Å². The molecule has 76 valence electrons. The number of ether oxygens (including phenoxy) is 1. The molecule has 1 atom stereocenters. The van der Waals surface area contributed by atoms with Crippen molar-refractivity contribution in [2.75, 3.05) is 13.2 Å². The van der Waals surface area contributed by atoms with Crippen LogP contribution in [0.4, 0.5) is 0 Å². The Morgan fingerprint density at radius 2 is 2.14 bits per heavy atom. The maximum absolute atomic E-state index is 5.68. The van der Waals surface area contributed by atoms with Crippen molar-refractivity contribution in [2.45, 2.75) is 19.8 Å². The normalized spacial score (nSPS) is 19.4. The Kier molecular flexibility index (Phi) is 2.73. The highest BCUT2D eigenvalue weighted by Gasteiger charge is 2.20. The van der Waals surface area contributed by atoms with Crippen molar-refractivity contribution in [1.29, 1.82) is 0 Å². The zero-order valence-electron chi connectivity index (χ0n) is 8.62. The van der Waals surface area contributed by atoms with Gasteiger partial charge in [-0.1, -0.05) is 6.07 Å². The third-order valence-electron chi connectivity index (χ3n) is 2.84. The zero-order chi connectivity index (χ0) is 9.97. The van der Waals surface area contributed by atoms with Gasteiger partial charge in [0.1, 0.15) is 5.75 Å². The fourth-order valence-electron chi connectivity index (χ4n) is 2.11. The summed E-state index contributed by atoms with van der Waals surface area (Å²) in [5.74, 6) is 1.63. The second-order valence-electron chi connectivity index (χ2n) is 3.87. The van der Waals surface area contributed by atoms with Gasteiger partial charge in [-0.3, -0.25) is 0 Å². The van der Waals surface area contributed by atoms with E-state index in [4.69, 9.17) is 10.5 Å². The number of rotatable bonds is 3. The van der Waals surface area contributed by atoms with E-state index < -0.39 is 0 Å². The van der Waals surface area contributed by atoms with Crippen molar-refractivity contribution in [1.82, 2.24) is 0 Å². The Bertz CT molecular complexity index is 322. The van der Waals surface area contributed by atoms with Crippen LogP contribution in [-0.4, -0.2) is 13.2 Å². The number of hydrogen-bond donors (Lipinski definition) is 1. The summed E-state index contributed by atoms with van der Waals surface area (Å²) in [6.45, 7) is 3.54. The van der Waals surface area contributed by atoms with Gasteiger partial charge in [-0.05, 0) is 55.5 Å². The molecule has 0 saturated carbocycles. The third kappa shape index (κ3) is 1.75. The molecule has 14 heavy (non-hydrogen) atoms. The van der Waals surface area contributed by atoms with E-state index in [0.717, 1.165) is 31.7 Å². The number of benzene rings is 1. The van der Waals surface area contributed by atoms with Crippen LogP contribution in [0.2, 0.25) is 0 Å². The van der Waals surface area contributed by atoms with Crippen LogP contribution in [0.25, 0.3) is 0 Å². The van der Waals surface area contributed by atoms with Gasteiger partial charge in [-0.25, -0.2) is 0 Å². The Labute approximate surface area is 85.1 Å². The number of fused-ring (bicyclic) bond motifs is 1. The summed E-state index contributed by atoms with van der Waals surface area (Å²) >= 11 is 0. The minimum Gasteiger partial charge on any atom is -0.494 e. The quantitative estimate of drug-likeness (QED) is 0.790. The molecule has 0 saturated heterocycles. The van der Waals surface area contributed by atoms with Crippen molar-refractivity contribution in [3.63, 3.8) is 0 Å². The molecule has 1 aliphatic carbocycles. The first-order valence-corrected chi connectivity index (χ1v) is 5.28. The molecule has 2 nitrogen and oxygen atoms in total. The number of hydrogen-bond acceptors (Lipinski definition) is 2. The largest absolute Gasteiger partial charge is 0.494 e. The van der Waals surface area contributed by atoms with Gasteiger partial charge in [-0.15, -0.1) is 0 Å². The summed E-state index contributed by atoms with van der Waals surface area (Å²) in [4.78, 5) is 0. The SMILES string of the molecule is CCOc1ccc2c(c1)CC(CN)C2. The van der Waals surface area contributed by atoms with Crippen molar-refractivity contribution in [3.8, 4) is 5.75 Å². The van der Waals surface area contributed by atoms with Crippen LogP contribution in [0.15, 0.2) is 18.2 Å². The van der Waals surface area contributed by atoms with Crippen molar-refractivity contribution >= 4 is 0 Å². The first-order chi connectivity index (χ1) is 6.83. The highest BCUT2D eigenvalue weighted by Crippen LogP contribution is 2.29. The van der Waals surface area contributed by atoms with Gasteiger partial charge in [0, 0.05) is 0 Å². The fraction of sp³-hybridized carbons (Fsp3) is 0.500. The molecule has 2 rings (SSSR count). The van der Waals surface area contributed by atoms with Gasteiger partial charge in [0.25, 0.3) is 0 Å². The molecule has 0 aromatic heterocycles. The van der Waals surface area contributed by atoms with Crippen LogP contribution in [0.3, 0.4) is 0 Å². The molecule has 0 aliphatic heterocycles. The summed E-state index contributed by atoms with van der Waals surface area (Å²) in [5, 5.41) is 0. The minimum atomic E-state index is 0.641. The summed E-state index contributed by atoms with van der Waals surface area (Å²) in [5.41, 5.74) is 8.55. The van der Waals surface area contributed by atoms with Crippen LogP contribution in [0.1, 0.15) is 18.1 Å². The van der Waals surface area contributed by atoms with Crippen LogP contribution in [0.5, 0.6) is 5.75 Å². The van der Waals surface area contributed by atoms with E-state index in [-0.39, 0.29) is 0 Å². The lowest BCUT2D eigenvalue weighted by molar-refractivity contribution is 0.340. The molecule has 0 bridgehead atoms. The summed E-state index contributed by atoms with van der Waals surface area (Å²) < 4.78 is 5.47. The maximum atomic E-state index is 5.68. The Hall–Kier alpha value is -1.02. The highest BCUT2D eigenvalue weighted by atomic mass is 16.5. The molecular weight excluding hydrogens is 174 g/mol. The van der Waals surface area contributed by atoms with E-state index in [0.29, 0.717) is 5.92 Å². The zero-order valence-corrected chi connectivity index (χ0v) is 8.62. The van der Waals surface area contributed by atoms with E-state index >= 15 is 0 Å². The Morgan fingerprint density at radius 3 is 2.86 bits per heavy atom. The first-order valence-electron chi connectivity index (χ1n) is 5.28. The van der Waals surface area contributed by atoms with Gasteiger partial charge < -0.3 is 10.5 Å². The van der Waals surface area contributed by atoms with Crippen molar-refractivity contribution in [2.24, 2.45) is 11.7 Å². The molecule has 1 unspecified atom stereocenters. The van der Waals surface area contributed by atoms with Gasteiger partial charge >= 0.3 is 0 Å². The molecule has 2 heteroatoms. The van der Waals surface area contributed by atoms with Gasteiger partial charge in [-0.2, -0.15) is 0 Å². The van der Waals surface area contributed by atoms with Crippen molar-refractivity contribution < 1.29 is 4.74 Å². The van der Waals surface area contributed by atoms with E-state index in [1.165, 1.54) is 11.1 Å². The smallest absolute Gasteiger partial charge is 0.119 e. The van der Waals surface area contributed by atoms with E-state index in [1.54, 1.807) is 0 Å². The predicted molar refractivity (Wildman–Crippen MR) is 57.6 cm³/mol. The molecule has 0 fully saturated rings. The summed E-state index contributed by atoms with van der Waals surface area (Å²) in [6.07, 6.45) is 2.25. The average molecular weight is 191 g/mol. The highest BCUT2D eigenvalue weighted by molar-refractivity contribution is 5.39. The van der Waals surface area contributed by atoms with E-state index in [1.807, 2.05) is 6.92 Å². The second kappa shape index (κ2) is 4.01. The lowest BCUT2D eigenvalue weighted by Crippen LogP contribution is -2.13. The van der Waals surface area contributed by atoms with Gasteiger partial charge in [0.15, 0.2) is 0 Å². The third-order valence-corrected chi connectivity index (χ3v) is 2.84. The van der Waals surface area contributed by atoms with Gasteiger partial charge in [0.05, 0.1) is 6.61 Å². The fourth-order valence-corrected chi connectivity index (χ4v) is 2.11. The Morgan fingerprint density at radius 1 is 1.36 bits per heavy atom.